The van der Waals surface area contributed by atoms with Crippen LogP contribution in [0.2, 0.25) is 0 Å². The van der Waals surface area contributed by atoms with Gasteiger partial charge in [0, 0.05) is 5.39 Å². The lowest BCUT2D eigenvalue weighted by molar-refractivity contribution is -0.938. The van der Waals surface area contributed by atoms with Crippen molar-refractivity contribution >= 4 is 11.0 Å². The van der Waals surface area contributed by atoms with Gasteiger partial charge in [-0.25, -0.2) is 0 Å². The molecule has 0 saturated heterocycles. The summed E-state index contributed by atoms with van der Waals surface area (Å²) in [6.07, 6.45) is 8.30. The third kappa shape index (κ3) is 6.85. The molecule has 0 aliphatic carbocycles. The van der Waals surface area contributed by atoms with Crippen LogP contribution in [0.25, 0.3) is 11.0 Å². The van der Waals surface area contributed by atoms with E-state index in [9.17, 15) is 0 Å². The summed E-state index contributed by atoms with van der Waals surface area (Å²) in [7, 11) is 0. The van der Waals surface area contributed by atoms with Gasteiger partial charge in [0.1, 0.15) is 12.1 Å². The largest absolute Gasteiger partial charge is 0.455 e. The molecule has 0 amide bonds. The monoisotopic (exact) mass is 416 g/mol. The lowest BCUT2D eigenvalue weighted by Crippen LogP contribution is -2.48. The van der Waals surface area contributed by atoms with Gasteiger partial charge in [-0.15, -0.1) is 0 Å². The molecule has 3 heteroatoms. The van der Waals surface area contributed by atoms with E-state index in [-0.39, 0.29) is 0 Å². The minimum Gasteiger partial charge on any atom is -0.455 e. The highest BCUT2D eigenvalue weighted by atomic mass is 16.3. The van der Waals surface area contributed by atoms with E-state index in [1.807, 2.05) is 0 Å². The maximum absolute atomic E-state index is 6.14. The Morgan fingerprint density at radius 1 is 0.633 bits per heavy atom. The van der Waals surface area contributed by atoms with Crippen LogP contribution >= 0.6 is 0 Å². The van der Waals surface area contributed by atoms with Gasteiger partial charge in [-0.3, -0.25) is 0 Å². The number of hydrogen-bond acceptors (Lipinski definition) is 1. The number of unbranched alkanes of at least 4 members (excludes halogenated alkanes) is 5. The fourth-order valence-electron chi connectivity index (χ4n) is 5.03. The minimum absolute atomic E-state index is 1.02. The fraction of sp³-hybridized carbons (Fsp3) is 0.704. The highest BCUT2D eigenvalue weighted by Gasteiger charge is 2.25. The molecule has 0 saturated carbocycles. The minimum atomic E-state index is 1.02. The summed E-state index contributed by atoms with van der Waals surface area (Å²) in [5.74, 6) is 1.14. The SMILES string of the molecule is CC[N+](CC)(CC)CCCCCCCC[N+](CC)(CC)Cc1cc2ccccc2o1. The van der Waals surface area contributed by atoms with Gasteiger partial charge in [-0.1, -0.05) is 31.0 Å². The Balaban J connectivity index is 1.71. The van der Waals surface area contributed by atoms with Crippen LogP contribution in [-0.4, -0.2) is 54.8 Å². The van der Waals surface area contributed by atoms with Gasteiger partial charge < -0.3 is 13.4 Å². The van der Waals surface area contributed by atoms with Gasteiger partial charge in [-0.2, -0.15) is 0 Å². The second-order valence-electron chi connectivity index (χ2n) is 9.24. The summed E-state index contributed by atoms with van der Waals surface area (Å²) in [4.78, 5) is 0. The molecule has 2 aromatic rings. The number of fused-ring (bicyclic) bond motifs is 1. The summed E-state index contributed by atoms with van der Waals surface area (Å²) in [6.45, 7) is 21.6. The highest BCUT2D eigenvalue weighted by Crippen LogP contribution is 2.24. The van der Waals surface area contributed by atoms with Gasteiger partial charge >= 0.3 is 0 Å². The summed E-state index contributed by atoms with van der Waals surface area (Å²) in [5, 5.41) is 1.23. The van der Waals surface area contributed by atoms with Crippen molar-refractivity contribution in [2.24, 2.45) is 0 Å². The predicted molar refractivity (Wildman–Crippen MR) is 131 cm³/mol. The van der Waals surface area contributed by atoms with Crippen molar-refractivity contribution in [2.75, 3.05) is 45.8 Å². The van der Waals surface area contributed by atoms with Crippen LogP contribution in [0.15, 0.2) is 34.7 Å². The summed E-state index contributed by atoms with van der Waals surface area (Å²) < 4.78 is 8.58. The van der Waals surface area contributed by atoms with Crippen molar-refractivity contribution in [3.63, 3.8) is 0 Å². The molecular formula is C27H48N2O+2. The average molecular weight is 417 g/mol. The number of para-hydroxylation sites is 1. The first-order valence-electron chi connectivity index (χ1n) is 12.7. The molecule has 0 aliphatic heterocycles. The van der Waals surface area contributed by atoms with Crippen molar-refractivity contribution in [2.45, 2.75) is 79.7 Å². The van der Waals surface area contributed by atoms with E-state index in [1.54, 1.807) is 0 Å². The second-order valence-corrected chi connectivity index (χ2v) is 9.24. The molecule has 1 aromatic heterocycles. The molecule has 0 atom stereocenters. The van der Waals surface area contributed by atoms with Crippen molar-refractivity contribution in [1.29, 1.82) is 0 Å². The average Bonchev–Trinajstić information content (AvgIpc) is 3.20. The first-order chi connectivity index (χ1) is 14.6. The van der Waals surface area contributed by atoms with Gasteiger partial charge in [0.15, 0.2) is 5.76 Å². The number of hydrogen-bond donors (Lipinski definition) is 0. The zero-order valence-electron chi connectivity index (χ0n) is 20.6. The summed E-state index contributed by atoms with van der Waals surface area (Å²) >= 11 is 0. The van der Waals surface area contributed by atoms with Crippen molar-refractivity contribution < 1.29 is 13.4 Å². The van der Waals surface area contributed by atoms with Gasteiger partial charge in [0.05, 0.1) is 45.8 Å². The molecule has 30 heavy (non-hydrogen) atoms. The topological polar surface area (TPSA) is 13.1 Å². The molecule has 0 radical (unpaired) electrons. The van der Waals surface area contributed by atoms with Crippen molar-refractivity contribution in [3.8, 4) is 0 Å². The maximum Gasteiger partial charge on any atom is 0.159 e. The molecule has 2 rings (SSSR count). The third-order valence-corrected chi connectivity index (χ3v) is 7.84. The van der Waals surface area contributed by atoms with E-state index >= 15 is 0 Å². The van der Waals surface area contributed by atoms with Crippen molar-refractivity contribution in [3.05, 3.63) is 36.1 Å². The molecule has 170 valence electrons. The van der Waals surface area contributed by atoms with E-state index in [2.05, 4.69) is 65.0 Å². The van der Waals surface area contributed by atoms with Crippen LogP contribution in [0, 0.1) is 0 Å². The van der Waals surface area contributed by atoms with E-state index < -0.39 is 0 Å². The number of nitrogens with zero attached hydrogens (tertiary/aromatic N) is 2. The quantitative estimate of drug-likeness (QED) is 0.212. The first kappa shape index (κ1) is 24.9. The molecule has 1 heterocycles. The van der Waals surface area contributed by atoms with Crippen LogP contribution in [0.4, 0.5) is 0 Å². The predicted octanol–water partition coefficient (Wildman–Crippen LogP) is 7.01. The van der Waals surface area contributed by atoms with E-state index in [1.165, 1.54) is 94.2 Å². The smallest absolute Gasteiger partial charge is 0.159 e. The molecule has 0 N–H and O–H groups in total. The Morgan fingerprint density at radius 2 is 1.13 bits per heavy atom. The Bertz CT molecular complexity index is 671. The number of furan rings is 1. The fourth-order valence-corrected chi connectivity index (χ4v) is 5.03. The van der Waals surface area contributed by atoms with Crippen LogP contribution < -0.4 is 0 Å². The van der Waals surface area contributed by atoms with E-state index in [0.29, 0.717) is 0 Å². The van der Waals surface area contributed by atoms with Crippen molar-refractivity contribution in [1.82, 2.24) is 0 Å². The van der Waals surface area contributed by atoms with E-state index in [0.717, 1.165) is 22.4 Å². The Labute approximate surface area is 186 Å². The highest BCUT2D eigenvalue weighted by molar-refractivity contribution is 5.77. The Morgan fingerprint density at radius 3 is 1.67 bits per heavy atom. The maximum atomic E-state index is 6.14. The molecular weight excluding hydrogens is 368 g/mol. The van der Waals surface area contributed by atoms with Gasteiger partial charge in [0.25, 0.3) is 0 Å². The summed E-state index contributed by atoms with van der Waals surface area (Å²) in [5.41, 5.74) is 1.02. The molecule has 1 aromatic carbocycles. The number of benzene rings is 1. The Kier molecular flexibility index (Phi) is 10.4. The van der Waals surface area contributed by atoms with Gasteiger partial charge in [0.2, 0.25) is 0 Å². The van der Waals surface area contributed by atoms with Crippen LogP contribution in [0.1, 0.15) is 78.9 Å². The third-order valence-electron chi connectivity index (χ3n) is 7.84. The molecule has 0 bridgehead atoms. The van der Waals surface area contributed by atoms with Crippen LogP contribution in [0.5, 0.6) is 0 Å². The molecule has 0 fully saturated rings. The lowest BCUT2D eigenvalue weighted by atomic mass is 10.1. The van der Waals surface area contributed by atoms with E-state index in [4.69, 9.17) is 4.42 Å². The molecule has 0 unspecified atom stereocenters. The molecule has 0 aliphatic rings. The first-order valence-corrected chi connectivity index (χ1v) is 12.7. The Hall–Kier alpha value is -1.32. The zero-order valence-corrected chi connectivity index (χ0v) is 20.6. The summed E-state index contributed by atoms with van der Waals surface area (Å²) in [6, 6.07) is 10.6. The van der Waals surface area contributed by atoms with Crippen LogP contribution in [0.3, 0.4) is 0 Å². The van der Waals surface area contributed by atoms with Crippen LogP contribution in [-0.2, 0) is 6.54 Å². The van der Waals surface area contributed by atoms with Gasteiger partial charge in [-0.05, 0) is 72.4 Å². The number of rotatable bonds is 16. The number of quaternary nitrogens is 2. The zero-order chi connectivity index (χ0) is 21.9. The lowest BCUT2D eigenvalue weighted by Gasteiger charge is -2.36. The normalized spacial score (nSPS) is 12.7. The second kappa shape index (κ2) is 12.5. The standard InChI is InChI=1S/C27H48N2O/c1-6-28(7-2,8-3)21-17-13-11-12-14-18-22-29(9-4,10-5)24-26-23-25-19-15-16-20-27(25)30-26/h15-16,19-20,23H,6-14,17-18,21-22,24H2,1-5H3/q+2. The molecule has 0 spiro atoms. The molecule has 3 nitrogen and oxygen atoms in total.